The zero-order valence-electron chi connectivity index (χ0n) is 9.91. The van der Waals surface area contributed by atoms with Crippen molar-refractivity contribution in [2.45, 2.75) is 40.2 Å². The maximum atomic E-state index is 11.9. The van der Waals surface area contributed by atoms with Crippen molar-refractivity contribution < 1.29 is 9.59 Å². The first-order chi connectivity index (χ1) is 6.97. The van der Waals surface area contributed by atoms with Crippen molar-refractivity contribution in [1.82, 2.24) is 10.2 Å². The van der Waals surface area contributed by atoms with Gasteiger partial charge in [-0.3, -0.25) is 9.69 Å². The summed E-state index contributed by atoms with van der Waals surface area (Å²) in [7, 11) is 0. The minimum Gasteiger partial charge on any atom is -0.326 e. The molecule has 15 heavy (non-hydrogen) atoms. The molecule has 1 saturated heterocycles. The van der Waals surface area contributed by atoms with Gasteiger partial charge in [0.1, 0.15) is 6.04 Å². The molecule has 0 saturated carbocycles. The van der Waals surface area contributed by atoms with Crippen LogP contribution < -0.4 is 5.32 Å². The Morgan fingerprint density at radius 2 is 1.93 bits per heavy atom. The largest absolute Gasteiger partial charge is 0.326 e. The Labute approximate surface area is 91.0 Å². The molecule has 0 aliphatic carbocycles. The molecular formula is C11H20N2O2. The second-order valence-electron chi connectivity index (χ2n) is 4.66. The van der Waals surface area contributed by atoms with E-state index in [0.717, 1.165) is 6.42 Å². The van der Waals surface area contributed by atoms with E-state index in [9.17, 15) is 9.59 Å². The fraction of sp³-hybridized carbons (Fsp3) is 0.818. The van der Waals surface area contributed by atoms with Gasteiger partial charge in [0.2, 0.25) is 0 Å². The van der Waals surface area contributed by atoms with Gasteiger partial charge in [-0.05, 0) is 11.8 Å². The number of urea groups is 1. The number of nitrogens with zero attached hydrogens (tertiary/aromatic N) is 1. The van der Waals surface area contributed by atoms with Crippen LogP contribution in [-0.4, -0.2) is 29.4 Å². The van der Waals surface area contributed by atoms with Crippen LogP contribution >= 0.6 is 0 Å². The molecule has 0 aromatic carbocycles. The standard InChI is InChI=1S/C11H20N2O2/c1-5-8(4)9-10(14)13(6-7(2)3)11(15)12-9/h7-9H,5-6H2,1-4H3,(H,12,15)/t8-,9-/m0/s1. The quantitative estimate of drug-likeness (QED) is 0.720. The number of hydrogen-bond acceptors (Lipinski definition) is 2. The second kappa shape index (κ2) is 4.64. The molecular weight excluding hydrogens is 192 g/mol. The lowest BCUT2D eigenvalue weighted by atomic mass is 9.99. The van der Waals surface area contributed by atoms with E-state index in [1.165, 1.54) is 4.90 Å². The first-order valence-corrected chi connectivity index (χ1v) is 5.59. The molecule has 1 rings (SSSR count). The van der Waals surface area contributed by atoms with Crippen LogP contribution in [0.15, 0.2) is 0 Å². The Kier molecular flexibility index (Phi) is 3.72. The fourth-order valence-corrected chi connectivity index (χ4v) is 1.70. The molecule has 0 spiro atoms. The molecule has 2 atom stereocenters. The molecule has 0 radical (unpaired) electrons. The van der Waals surface area contributed by atoms with E-state index in [4.69, 9.17) is 0 Å². The monoisotopic (exact) mass is 212 g/mol. The molecule has 1 heterocycles. The van der Waals surface area contributed by atoms with E-state index >= 15 is 0 Å². The number of rotatable bonds is 4. The van der Waals surface area contributed by atoms with Gasteiger partial charge in [0.15, 0.2) is 0 Å². The highest BCUT2D eigenvalue weighted by Crippen LogP contribution is 2.17. The maximum absolute atomic E-state index is 11.9. The molecule has 4 nitrogen and oxygen atoms in total. The van der Waals surface area contributed by atoms with Gasteiger partial charge in [-0.15, -0.1) is 0 Å². The molecule has 1 fully saturated rings. The lowest BCUT2D eigenvalue weighted by Gasteiger charge is -2.17. The van der Waals surface area contributed by atoms with Crippen molar-refractivity contribution in [2.75, 3.05) is 6.54 Å². The van der Waals surface area contributed by atoms with E-state index in [-0.39, 0.29) is 23.9 Å². The third-order valence-electron chi connectivity index (χ3n) is 2.82. The van der Waals surface area contributed by atoms with E-state index in [1.54, 1.807) is 0 Å². The first kappa shape index (κ1) is 12.0. The highest BCUT2D eigenvalue weighted by atomic mass is 16.2. The molecule has 0 aromatic rings. The van der Waals surface area contributed by atoms with E-state index < -0.39 is 0 Å². The highest BCUT2D eigenvalue weighted by molar-refractivity contribution is 6.04. The second-order valence-corrected chi connectivity index (χ2v) is 4.66. The number of amides is 3. The highest BCUT2D eigenvalue weighted by Gasteiger charge is 2.40. The van der Waals surface area contributed by atoms with E-state index in [2.05, 4.69) is 5.32 Å². The predicted octanol–water partition coefficient (Wildman–Crippen LogP) is 1.61. The number of nitrogens with one attached hydrogen (secondary N) is 1. The Morgan fingerprint density at radius 3 is 2.40 bits per heavy atom. The summed E-state index contributed by atoms with van der Waals surface area (Å²) in [6.07, 6.45) is 0.895. The summed E-state index contributed by atoms with van der Waals surface area (Å²) in [5, 5.41) is 2.75. The average Bonchev–Trinajstić information content (AvgIpc) is 2.44. The lowest BCUT2D eigenvalue weighted by Crippen LogP contribution is -2.36. The minimum absolute atomic E-state index is 0.0666. The van der Waals surface area contributed by atoms with Crippen LogP contribution in [0.25, 0.3) is 0 Å². The van der Waals surface area contributed by atoms with Crippen molar-refractivity contribution in [3.8, 4) is 0 Å². The summed E-state index contributed by atoms with van der Waals surface area (Å²) in [5.41, 5.74) is 0. The van der Waals surface area contributed by atoms with Crippen LogP contribution in [0.1, 0.15) is 34.1 Å². The number of carbonyl (C=O) groups is 2. The Bertz CT molecular complexity index is 263. The maximum Gasteiger partial charge on any atom is 0.324 e. The van der Waals surface area contributed by atoms with Crippen LogP contribution in [0.5, 0.6) is 0 Å². The Balaban J connectivity index is 2.70. The first-order valence-electron chi connectivity index (χ1n) is 5.59. The van der Waals surface area contributed by atoms with Crippen molar-refractivity contribution in [2.24, 2.45) is 11.8 Å². The number of hydrogen-bond donors (Lipinski definition) is 1. The van der Waals surface area contributed by atoms with Gasteiger partial charge in [-0.1, -0.05) is 34.1 Å². The van der Waals surface area contributed by atoms with Gasteiger partial charge >= 0.3 is 6.03 Å². The summed E-state index contributed by atoms with van der Waals surface area (Å²) >= 11 is 0. The minimum atomic E-state index is -0.318. The third kappa shape index (κ3) is 2.49. The van der Waals surface area contributed by atoms with Gasteiger partial charge in [-0.2, -0.15) is 0 Å². The third-order valence-corrected chi connectivity index (χ3v) is 2.82. The average molecular weight is 212 g/mol. The zero-order chi connectivity index (χ0) is 11.6. The molecule has 0 unspecified atom stereocenters. The van der Waals surface area contributed by atoms with Crippen LogP contribution in [-0.2, 0) is 4.79 Å². The van der Waals surface area contributed by atoms with Crippen LogP contribution in [0, 0.1) is 11.8 Å². The topological polar surface area (TPSA) is 49.4 Å². The normalized spacial score (nSPS) is 23.5. The van der Waals surface area contributed by atoms with Crippen molar-refractivity contribution in [3.63, 3.8) is 0 Å². The van der Waals surface area contributed by atoms with Crippen LogP contribution in [0.2, 0.25) is 0 Å². The SMILES string of the molecule is CC[C@H](C)[C@@H]1NC(=O)N(CC(C)C)C1=O. The van der Waals surface area contributed by atoms with Crippen LogP contribution in [0.3, 0.4) is 0 Å². The molecule has 0 bridgehead atoms. The smallest absolute Gasteiger partial charge is 0.324 e. The molecule has 1 aliphatic heterocycles. The molecule has 86 valence electrons. The predicted molar refractivity (Wildman–Crippen MR) is 58.3 cm³/mol. The fourth-order valence-electron chi connectivity index (χ4n) is 1.70. The number of carbonyl (C=O) groups excluding carboxylic acids is 2. The Morgan fingerprint density at radius 1 is 1.33 bits per heavy atom. The molecule has 4 heteroatoms. The van der Waals surface area contributed by atoms with E-state index in [1.807, 2.05) is 27.7 Å². The van der Waals surface area contributed by atoms with Gasteiger partial charge < -0.3 is 5.32 Å². The summed E-state index contributed by atoms with van der Waals surface area (Å²) < 4.78 is 0. The summed E-state index contributed by atoms with van der Waals surface area (Å²) in [6, 6.07) is -0.555. The molecule has 1 aliphatic rings. The zero-order valence-corrected chi connectivity index (χ0v) is 9.91. The Hall–Kier alpha value is -1.06. The van der Waals surface area contributed by atoms with Crippen molar-refractivity contribution in [3.05, 3.63) is 0 Å². The molecule has 0 aromatic heterocycles. The van der Waals surface area contributed by atoms with Crippen molar-refractivity contribution in [1.29, 1.82) is 0 Å². The van der Waals surface area contributed by atoms with Crippen LogP contribution in [0.4, 0.5) is 4.79 Å². The summed E-state index contributed by atoms with van der Waals surface area (Å²) in [4.78, 5) is 24.8. The molecule has 3 amide bonds. The van der Waals surface area contributed by atoms with Gasteiger partial charge in [0.05, 0.1) is 0 Å². The van der Waals surface area contributed by atoms with Gasteiger partial charge in [0.25, 0.3) is 5.91 Å². The molecule has 1 N–H and O–H groups in total. The van der Waals surface area contributed by atoms with Gasteiger partial charge in [0, 0.05) is 6.54 Å². The summed E-state index contributed by atoms with van der Waals surface area (Å²) in [6.45, 7) is 8.52. The van der Waals surface area contributed by atoms with Gasteiger partial charge in [-0.25, -0.2) is 4.79 Å². The number of imide groups is 1. The van der Waals surface area contributed by atoms with E-state index in [0.29, 0.717) is 12.5 Å². The summed E-state index contributed by atoms with van der Waals surface area (Å²) in [5.74, 6) is 0.456. The lowest BCUT2D eigenvalue weighted by molar-refractivity contribution is -0.128. The van der Waals surface area contributed by atoms with Crippen molar-refractivity contribution >= 4 is 11.9 Å².